The summed E-state index contributed by atoms with van der Waals surface area (Å²) in [4.78, 5) is 0. The van der Waals surface area contributed by atoms with Crippen molar-refractivity contribution in [3.05, 3.63) is 30.1 Å². The minimum absolute atomic E-state index is 0.221. The summed E-state index contributed by atoms with van der Waals surface area (Å²) in [6, 6.07) is 6.07. The second kappa shape index (κ2) is 2.82. The number of halogens is 2. The van der Waals surface area contributed by atoms with Gasteiger partial charge in [-0.2, -0.15) is 0 Å². The van der Waals surface area contributed by atoms with E-state index in [4.69, 9.17) is 0 Å². The van der Waals surface area contributed by atoms with E-state index in [-0.39, 0.29) is 5.82 Å². The van der Waals surface area contributed by atoms with Gasteiger partial charge >= 0.3 is 0 Å². The fourth-order valence-corrected chi connectivity index (χ4v) is 0.777. The molecule has 0 bridgehead atoms. The summed E-state index contributed by atoms with van der Waals surface area (Å²) in [6.45, 7) is 0. The van der Waals surface area contributed by atoms with Gasteiger partial charge in [-0.25, -0.2) is 4.39 Å². The molecule has 0 spiro atoms. The Balaban J connectivity index is 2.88. The lowest BCUT2D eigenvalue weighted by molar-refractivity contribution is 0.628. The molecule has 0 fully saturated rings. The molecular weight excluding hydrogens is 185 g/mol. The van der Waals surface area contributed by atoms with Crippen molar-refractivity contribution in [2.45, 2.75) is 0 Å². The molecule has 0 aliphatic heterocycles. The molecule has 48 valence electrons. The first-order valence-corrected chi connectivity index (χ1v) is 3.24. The lowest BCUT2D eigenvalue weighted by Gasteiger charge is -1.93. The molecule has 0 aliphatic rings. The zero-order valence-electron chi connectivity index (χ0n) is 4.57. The molecule has 0 atom stereocenters. The third kappa shape index (κ3) is 1.68. The summed E-state index contributed by atoms with van der Waals surface area (Å²) in [5.41, 5.74) is 0.844. The SMILES string of the molecule is Fc1ccc(NBr)cc1. The highest BCUT2D eigenvalue weighted by atomic mass is 79.9. The van der Waals surface area contributed by atoms with Crippen LogP contribution in [0.4, 0.5) is 10.1 Å². The van der Waals surface area contributed by atoms with E-state index in [1.165, 1.54) is 12.1 Å². The van der Waals surface area contributed by atoms with Crippen molar-refractivity contribution in [2.24, 2.45) is 0 Å². The maximum Gasteiger partial charge on any atom is 0.123 e. The molecule has 9 heavy (non-hydrogen) atoms. The van der Waals surface area contributed by atoms with E-state index < -0.39 is 0 Å². The Bertz CT molecular complexity index is 185. The van der Waals surface area contributed by atoms with Crippen molar-refractivity contribution < 1.29 is 4.39 Å². The molecular formula is C6H5BrFN. The summed E-state index contributed by atoms with van der Waals surface area (Å²) in [6.07, 6.45) is 0. The van der Waals surface area contributed by atoms with Crippen LogP contribution in [0.5, 0.6) is 0 Å². The quantitative estimate of drug-likeness (QED) is 0.671. The van der Waals surface area contributed by atoms with E-state index in [0.29, 0.717) is 0 Å². The molecule has 3 heteroatoms. The first-order chi connectivity index (χ1) is 4.33. The summed E-state index contributed by atoms with van der Waals surface area (Å²) in [5, 5.41) is 0. The van der Waals surface area contributed by atoms with Gasteiger partial charge in [0.05, 0.1) is 0 Å². The Morgan fingerprint density at radius 1 is 1.22 bits per heavy atom. The van der Waals surface area contributed by atoms with Gasteiger partial charge < -0.3 is 4.34 Å². The second-order valence-corrected chi connectivity index (χ2v) is 2.00. The summed E-state index contributed by atoms with van der Waals surface area (Å²) >= 11 is 3.01. The lowest BCUT2D eigenvalue weighted by Crippen LogP contribution is -1.78. The van der Waals surface area contributed by atoms with Gasteiger partial charge in [-0.3, -0.25) is 0 Å². The van der Waals surface area contributed by atoms with Crippen molar-refractivity contribution in [1.29, 1.82) is 0 Å². The topological polar surface area (TPSA) is 12.0 Å². The van der Waals surface area contributed by atoms with Crippen molar-refractivity contribution >= 4 is 21.8 Å². The fourth-order valence-electron chi connectivity index (χ4n) is 0.513. The third-order valence-electron chi connectivity index (χ3n) is 0.953. The monoisotopic (exact) mass is 189 g/mol. The Morgan fingerprint density at radius 3 is 2.22 bits per heavy atom. The fraction of sp³-hybridized carbons (Fsp3) is 0. The van der Waals surface area contributed by atoms with Crippen LogP contribution in [0.1, 0.15) is 0 Å². The van der Waals surface area contributed by atoms with Crippen molar-refractivity contribution in [1.82, 2.24) is 0 Å². The van der Waals surface area contributed by atoms with Crippen LogP contribution in [0.15, 0.2) is 24.3 Å². The smallest absolute Gasteiger partial charge is 0.123 e. The van der Waals surface area contributed by atoms with Crippen LogP contribution >= 0.6 is 16.1 Å². The third-order valence-corrected chi connectivity index (χ3v) is 1.41. The van der Waals surface area contributed by atoms with Crippen LogP contribution in [0.2, 0.25) is 0 Å². The molecule has 0 aliphatic carbocycles. The van der Waals surface area contributed by atoms with Gasteiger partial charge in [0.25, 0.3) is 0 Å². The standard InChI is InChI=1S/C6H5BrFN/c7-9-6-3-1-5(8)2-4-6/h1-4,9H. The largest absolute Gasteiger partial charge is 0.322 e. The number of benzene rings is 1. The Kier molecular flexibility index (Phi) is 2.05. The van der Waals surface area contributed by atoms with Crippen molar-refractivity contribution in [3.63, 3.8) is 0 Å². The molecule has 0 heterocycles. The van der Waals surface area contributed by atoms with Crippen LogP contribution in [-0.2, 0) is 0 Å². The van der Waals surface area contributed by atoms with Crippen molar-refractivity contribution in [2.75, 3.05) is 4.34 Å². The van der Waals surface area contributed by atoms with Gasteiger partial charge in [0, 0.05) is 21.8 Å². The number of hydrogen-bond acceptors (Lipinski definition) is 1. The summed E-state index contributed by atoms with van der Waals surface area (Å²) < 4.78 is 14.9. The molecule has 1 aromatic rings. The molecule has 1 aromatic carbocycles. The highest BCUT2D eigenvalue weighted by Crippen LogP contribution is 2.08. The van der Waals surface area contributed by atoms with Gasteiger partial charge in [-0.05, 0) is 24.3 Å². The minimum atomic E-state index is -0.221. The number of rotatable bonds is 1. The Morgan fingerprint density at radius 2 is 1.78 bits per heavy atom. The average Bonchev–Trinajstić information content (AvgIpc) is 1.90. The molecule has 0 saturated carbocycles. The van der Waals surface area contributed by atoms with E-state index in [1.54, 1.807) is 12.1 Å². The molecule has 0 radical (unpaired) electrons. The molecule has 0 aromatic heterocycles. The predicted octanol–water partition coefficient (Wildman–Crippen LogP) is 2.55. The van der Waals surface area contributed by atoms with Crippen LogP contribution in [0.3, 0.4) is 0 Å². The normalized spacial score (nSPS) is 9.11. The number of nitrogens with one attached hydrogen (secondary N) is 1. The average molecular weight is 190 g/mol. The molecule has 1 N–H and O–H groups in total. The highest BCUT2D eigenvalue weighted by molar-refractivity contribution is 9.10. The summed E-state index contributed by atoms with van der Waals surface area (Å²) in [5.74, 6) is -0.221. The van der Waals surface area contributed by atoms with E-state index in [0.717, 1.165) is 5.69 Å². The Labute approximate surface area is 61.2 Å². The number of anilines is 1. The van der Waals surface area contributed by atoms with Gasteiger partial charge in [0.15, 0.2) is 0 Å². The first kappa shape index (κ1) is 6.55. The predicted molar refractivity (Wildman–Crippen MR) is 38.9 cm³/mol. The first-order valence-electron chi connectivity index (χ1n) is 2.45. The van der Waals surface area contributed by atoms with E-state index in [9.17, 15) is 4.39 Å². The molecule has 0 amide bonds. The van der Waals surface area contributed by atoms with E-state index >= 15 is 0 Å². The Hall–Kier alpha value is -0.570. The minimum Gasteiger partial charge on any atom is -0.322 e. The van der Waals surface area contributed by atoms with Gasteiger partial charge in [0.2, 0.25) is 0 Å². The van der Waals surface area contributed by atoms with E-state index in [2.05, 4.69) is 20.5 Å². The molecule has 1 rings (SSSR count). The van der Waals surface area contributed by atoms with Gasteiger partial charge in [0.1, 0.15) is 5.82 Å². The highest BCUT2D eigenvalue weighted by Gasteiger charge is 1.87. The van der Waals surface area contributed by atoms with Crippen molar-refractivity contribution in [3.8, 4) is 0 Å². The maximum atomic E-state index is 12.2. The lowest BCUT2D eigenvalue weighted by atomic mass is 10.3. The molecule has 1 nitrogen and oxygen atoms in total. The summed E-state index contributed by atoms with van der Waals surface area (Å²) in [7, 11) is 0. The molecule has 0 unspecified atom stereocenters. The van der Waals surface area contributed by atoms with E-state index in [1.807, 2.05) is 0 Å². The maximum absolute atomic E-state index is 12.2. The van der Waals surface area contributed by atoms with Crippen LogP contribution in [-0.4, -0.2) is 0 Å². The second-order valence-electron chi connectivity index (χ2n) is 1.60. The molecule has 0 saturated heterocycles. The van der Waals surface area contributed by atoms with Gasteiger partial charge in [-0.1, -0.05) is 0 Å². The van der Waals surface area contributed by atoms with Crippen LogP contribution < -0.4 is 4.34 Å². The zero-order chi connectivity index (χ0) is 6.69. The van der Waals surface area contributed by atoms with Gasteiger partial charge in [-0.15, -0.1) is 0 Å². The zero-order valence-corrected chi connectivity index (χ0v) is 6.15. The van der Waals surface area contributed by atoms with Crippen LogP contribution in [0, 0.1) is 5.82 Å². The number of hydrogen-bond donors (Lipinski definition) is 1. The van der Waals surface area contributed by atoms with Crippen LogP contribution in [0.25, 0.3) is 0 Å².